The number of carbonyl (C=O) groups is 1. The van der Waals surface area contributed by atoms with Crippen molar-refractivity contribution in [2.24, 2.45) is 0 Å². The van der Waals surface area contributed by atoms with E-state index in [4.69, 9.17) is 0 Å². The molecule has 2 amide bonds. The minimum atomic E-state index is -4.41. The summed E-state index contributed by atoms with van der Waals surface area (Å²) < 4.78 is 39.4. The molecule has 2 aromatic carbocycles. The second kappa shape index (κ2) is 7.33. The van der Waals surface area contributed by atoms with Gasteiger partial charge in [-0.15, -0.1) is 11.3 Å². The molecule has 4 nitrogen and oxygen atoms in total. The first-order valence-electron chi connectivity index (χ1n) is 7.89. The van der Waals surface area contributed by atoms with Crippen molar-refractivity contribution in [3.63, 3.8) is 0 Å². The molecule has 3 rings (SSSR count). The van der Waals surface area contributed by atoms with Gasteiger partial charge in [-0.2, -0.15) is 13.2 Å². The maximum Gasteiger partial charge on any atom is 0.416 e. The third-order valence-corrected chi connectivity index (χ3v) is 4.84. The quantitative estimate of drug-likeness (QED) is 0.679. The molecule has 0 saturated heterocycles. The Labute approximate surface area is 152 Å². The van der Waals surface area contributed by atoms with Crippen molar-refractivity contribution < 1.29 is 18.0 Å². The summed E-state index contributed by atoms with van der Waals surface area (Å²) in [5.74, 6) is 0. The van der Waals surface area contributed by atoms with Crippen LogP contribution in [0.25, 0.3) is 10.2 Å². The van der Waals surface area contributed by atoms with Gasteiger partial charge in [0.25, 0.3) is 0 Å². The molecule has 0 aliphatic rings. The van der Waals surface area contributed by atoms with Crippen LogP contribution < -0.4 is 10.6 Å². The Hall–Kier alpha value is -2.61. The fourth-order valence-electron chi connectivity index (χ4n) is 2.47. The third-order valence-electron chi connectivity index (χ3n) is 3.80. The van der Waals surface area contributed by atoms with Gasteiger partial charge >= 0.3 is 12.2 Å². The highest BCUT2D eigenvalue weighted by Crippen LogP contribution is 2.30. The topological polar surface area (TPSA) is 54.0 Å². The molecule has 0 spiro atoms. The van der Waals surface area contributed by atoms with Crippen LogP contribution in [0, 0.1) is 0 Å². The lowest BCUT2D eigenvalue weighted by atomic mass is 10.1. The first-order valence-corrected chi connectivity index (χ1v) is 8.70. The smallest absolute Gasteiger partial charge is 0.332 e. The van der Waals surface area contributed by atoms with Crippen LogP contribution in [0.4, 0.5) is 18.0 Å². The Morgan fingerprint density at radius 3 is 2.69 bits per heavy atom. The average Bonchev–Trinajstić information content (AvgIpc) is 3.02. The van der Waals surface area contributed by atoms with E-state index >= 15 is 0 Å². The molecule has 3 aromatic rings. The molecule has 1 aromatic heterocycles. The largest absolute Gasteiger partial charge is 0.416 e. The predicted molar refractivity (Wildman–Crippen MR) is 94.9 cm³/mol. The molecule has 1 heterocycles. The van der Waals surface area contributed by atoms with Gasteiger partial charge in [0.05, 0.1) is 28.4 Å². The number of rotatable bonds is 4. The van der Waals surface area contributed by atoms with E-state index in [0.29, 0.717) is 5.56 Å². The fraction of sp³-hybridized carbons (Fsp3) is 0.222. The van der Waals surface area contributed by atoms with E-state index in [9.17, 15) is 18.0 Å². The number of alkyl halides is 3. The molecule has 1 atom stereocenters. The van der Waals surface area contributed by atoms with Gasteiger partial charge in [0.2, 0.25) is 0 Å². The SMILES string of the molecule is CC(NC(=O)NCc1nc2ccccc2s1)c1cccc(C(F)(F)F)c1. The van der Waals surface area contributed by atoms with Crippen LogP contribution >= 0.6 is 11.3 Å². The van der Waals surface area contributed by atoms with Crippen molar-refractivity contribution in [3.8, 4) is 0 Å². The standard InChI is InChI=1S/C18H16F3N3OS/c1-11(12-5-4-6-13(9-12)18(19,20)21)23-17(25)22-10-16-24-14-7-2-3-8-15(14)26-16/h2-9,11H,10H2,1H3,(H2,22,23,25). The van der Waals surface area contributed by atoms with E-state index in [1.165, 1.54) is 17.4 Å². The van der Waals surface area contributed by atoms with Gasteiger partial charge < -0.3 is 10.6 Å². The molecule has 0 saturated carbocycles. The normalized spacial score (nSPS) is 12.8. The van der Waals surface area contributed by atoms with Crippen LogP contribution in [0.3, 0.4) is 0 Å². The first-order chi connectivity index (χ1) is 12.3. The summed E-state index contributed by atoms with van der Waals surface area (Å²) in [6.45, 7) is 1.88. The lowest BCUT2D eigenvalue weighted by molar-refractivity contribution is -0.137. The summed E-state index contributed by atoms with van der Waals surface area (Å²) in [4.78, 5) is 16.4. The van der Waals surface area contributed by atoms with E-state index in [1.54, 1.807) is 13.0 Å². The number of amides is 2. The Kier molecular flexibility index (Phi) is 5.13. The van der Waals surface area contributed by atoms with E-state index in [1.807, 2.05) is 24.3 Å². The zero-order chi connectivity index (χ0) is 18.7. The van der Waals surface area contributed by atoms with Crippen molar-refractivity contribution in [2.45, 2.75) is 25.7 Å². The minimum Gasteiger partial charge on any atom is -0.332 e. The molecule has 0 bridgehead atoms. The van der Waals surface area contributed by atoms with E-state index in [2.05, 4.69) is 15.6 Å². The Balaban J connectivity index is 1.59. The number of para-hydroxylation sites is 1. The van der Waals surface area contributed by atoms with Crippen LogP contribution in [0.2, 0.25) is 0 Å². The number of nitrogens with one attached hydrogen (secondary N) is 2. The number of carbonyl (C=O) groups excluding carboxylic acids is 1. The molecule has 136 valence electrons. The van der Waals surface area contributed by atoms with Crippen molar-refractivity contribution in [1.82, 2.24) is 15.6 Å². The molecule has 26 heavy (non-hydrogen) atoms. The Morgan fingerprint density at radius 1 is 1.19 bits per heavy atom. The molecule has 0 radical (unpaired) electrons. The van der Waals surface area contributed by atoms with Crippen LogP contribution in [-0.2, 0) is 12.7 Å². The third kappa shape index (κ3) is 4.32. The highest BCUT2D eigenvalue weighted by Gasteiger charge is 2.30. The summed E-state index contributed by atoms with van der Waals surface area (Å²) in [5, 5.41) is 6.08. The van der Waals surface area contributed by atoms with Crippen LogP contribution in [0.5, 0.6) is 0 Å². The number of hydrogen-bond acceptors (Lipinski definition) is 3. The highest BCUT2D eigenvalue weighted by molar-refractivity contribution is 7.18. The number of thiazole rings is 1. The van der Waals surface area contributed by atoms with Crippen LogP contribution in [0.1, 0.15) is 29.1 Å². The van der Waals surface area contributed by atoms with E-state index in [0.717, 1.165) is 27.4 Å². The maximum atomic E-state index is 12.8. The number of benzene rings is 2. The van der Waals surface area contributed by atoms with E-state index in [-0.39, 0.29) is 6.54 Å². The first kappa shape index (κ1) is 18.2. The predicted octanol–water partition coefficient (Wildman–Crippen LogP) is 4.88. The Morgan fingerprint density at radius 2 is 1.96 bits per heavy atom. The second-order valence-corrected chi connectivity index (χ2v) is 6.86. The van der Waals surface area contributed by atoms with Crippen molar-refractivity contribution in [1.29, 1.82) is 0 Å². The minimum absolute atomic E-state index is 0.250. The van der Waals surface area contributed by atoms with Crippen LogP contribution in [-0.4, -0.2) is 11.0 Å². The molecule has 2 N–H and O–H groups in total. The van der Waals surface area contributed by atoms with E-state index < -0.39 is 23.8 Å². The number of urea groups is 1. The summed E-state index contributed by atoms with van der Waals surface area (Å²) in [6, 6.07) is 11.5. The molecular formula is C18H16F3N3OS. The van der Waals surface area contributed by atoms with Gasteiger partial charge in [0, 0.05) is 0 Å². The number of aromatic nitrogens is 1. The number of fused-ring (bicyclic) bond motifs is 1. The summed E-state index contributed by atoms with van der Waals surface area (Å²) >= 11 is 1.48. The lowest BCUT2D eigenvalue weighted by Crippen LogP contribution is -2.36. The highest BCUT2D eigenvalue weighted by atomic mass is 32.1. The summed E-state index contributed by atoms with van der Waals surface area (Å²) in [6.07, 6.45) is -4.41. The monoisotopic (exact) mass is 379 g/mol. The van der Waals surface area contributed by atoms with Gasteiger partial charge in [0.1, 0.15) is 5.01 Å². The molecule has 0 fully saturated rings. The molecule has 0 aliphatic carbocycles. The van der Waals surface area contributed by atoms with Gasteiger partial charge in [-0.05, 0) is 36.8 Å². The molecule has 1 unspecified atom stereocenters. The maximum absolute atomic E-state index is 12.8. The number of hydrogen-bond donors (Lipinski definition) is 2. The van der Waals surface area contributed by atoms with Gasteiger partial charge in [0.15, 0.2) is 0 Å². The molecule has 0 aliphatic heterocycles. The average molecular weight is 379 g/mol. The fourth-order valence-corrected chi connectivity index (χ4v) is 3.37. The Bertz CT molecular complexity index is 890. The van der Waals surface area contributed by atoms with Gasteiger partial charge in [-0.1, -0.05) is 24.3 Å². The molecular weight excluding hydrogens is 363 g/mol. The van der Waals surface area contributed by atoms with Crippen molar-refractivity contribution >= 4 is 27.6 Å². The summed E-state index contributed by atoms with van der Waals surface area (Å²) in [7, 11) is 0. The lowest BCUT2D eigenvalue weighted by Gasteiger charge is -2.16. The zero-order valence-corrected chi connectivity index (χ0v) is 14.6. The number of nitrogens with zero attached hydrogens (tertiary/aromatic N) is 1. The number of halogens is 3. The second-order valence-electron chi connectivity index (χ2n) is 5.75. The van der Waals surface area contributed by atoms with Gasteiger partial charge in [-0.3, -0.25) is 0 Å². The van der Waals surface area contributed by atoms with Crippen molar-refractivity contribution in [3.05, 3.63) is 64.7 Å². The van der Waals surface area contributed by atoms with Crippen LogP contribution in [0.15, 0.2) is 48.5 Å². The van der Waals surface area contributed by atoms with Crippen molar-refractivity contribution in [2.75, 3.05) is 0 Å². The summed E-state index contributed by atoms with van der Waals surface area (Å²) in [5.41, 5.74) is 0.514. The zero-order valence-electron chi connectivity index (χ0n) is 13.8. The van der Waals surface area contributed by atoms with Gasteiger partial charge in [-0.25, -0.2) is 9.78 Å². The molecule has 8 heteroatoms.